The average Bonchev–Trinajstić information content (AvgIpc) is 2.28. The molecule has 1 aliphatic carbocycles. The van der Waals surface area contributed by atoms with E-state index in [2.05, 4.69) is 51.3 Å². The summed E-state index contributed by atoms with van der Waals surface area (Å²) in [5.41, 5.74) is 5.48. The van der Waals surface area contributed by atoms with Crippen LogP contribution in [0.15, 0.2) is 60.7 Å². The van der Waals surface area contributed by atoms with Gasteiger partial charge in [0.1, 0.15) is 0 Å². The molecule has 0 aromatic heterocycles. The van der Waals surface area contributed by atoms with Gasteiger partial charge in [0, 0.05) is 5.41 Å². The molecule has 0 amide bonds. The minimum atomic E-state index is 0.0418. The van der Waals surface area contributed by atoms with Gasteiger partial charge < -0.3 is 0 Å². The lowest BCUT2D eigenvalue weighted by atomic mass is 9.69. The highest BCUT2D eigenvalue weighted by Gasteiger charge is 2.31. The van der Waals surface area contributed by atoms with E-state index in [0.717, 1.165) is 6.42 Å². The van der Waals surface area contributed by atoms with Crippen LogP contribution in [-0.4, -0.2) is 0 Å². The summed E-state index contributed by atoms with van der Waals surface area (Å²) >= 11 is 0. The number of allylic oxidation sites excluding steroid dienone is 4. The number of hydrogen-bond donors (Lipinski definition) is 0. The smallest absolute Gasteiger partial charge is 0.0152 e. The van der Waals surface area contributed by atoms with E-state index in [-0.39, 0.29) is 5.41 Å². The van der Waals surface area contributed by atoms with Crippen molar-refractivity contribution in [3.05, 3.63) is 71.8 Å². The van der Waals surface area contributed by atoms with E-state index in [0.29, 0.717) is 0 Å². The Kier molecular flexibility index (Phi) is 2.59. The first-order valence-corrected chi connectivity index (χ1v) is 5.68. The van der Waals surface area contributed by atoms with Crippen molar-refractivity contribution in [3.8, 4) is 0 Å². The highest BCUT2D eigenvalue weighted by molar-refractivity contribution is 5.54. The summed E-state index contributed by atoms with van der Waals surface area (Å²) in [4.78, 5) is 0. The SMILES string of the molecule is C=CC1=C(C=C)C(C)(C)c2ccccc2C1. The lowest BCUT2D eigenvalue weighted by Gasteiger charge is -2.35. The summed E-state index contributed by atoms with van der Waals surface area (Å²) < 4.78 is 0. The van der Waals surface area contributed by atoms with E-state index in [4.69, 9.17) is 0 Å². The molecule has 0 heteroatoms. The van der Waals surface area contributed by atoms with E-state index in [1.165, 1.54) is 22.3 Å². The molecular formula is C16H18. The molecule has 0 saturated heterocycles. The molecule has 0 saturated carbocycles. The number of benzene rings is 1. The van der Waals surface area contributed by atoms with Crippen LogP contribution in [0.25, 0.3) is 0 Å². The fourth-order valence-electron chi connectivity index (χ4n) is 2.70. The number of hydrogen-bond acceptors (Lipinski definition) is 0. The highest BCUT2D eigenvalue weighted by atomic mass is 14.3. The Morgan fingerprint density at radius 2 is 1.81 bits per heavy atom. The predicted molar refractivity (Wildman–Crippen MR) is 70.6 cm³/mol. The molecule has 0 unspecified atom stereocenters. The molecule has 82 valence electrons. The largest absolute Gasteiger partial charge is 0.0988 e. The van der Waals surface area contributed by atoms with Gasteiger partial charge in [-0.2, -0.15) is 0 Å². The molecule has 1 aliphatic rings. The van der Waals surface area contributed by atoms with Gasteiger partial charge in [-0.15, -0.1) is 0 Å². The molecular weight excluding hydrogens is 192 g/mol. The first-order chi connectivity index (χ1) is 7.61. The summed E-state index contributed by atoms with van der Waals surface area (Å²) in [5.74, 6) is 0. The zero-order chi connectivity index (χ0) is 11.8. The van der Waals surface area contributed by atoms with Crippen molar-refractivity contribution in [2.45, 2.75) is 25.7 Å². The second-order valence-corrected chi connectivity index (χ2v) is 4.81. The average molecular weight is 210 g/mol. The molecule has 2 rings (SSSR count). The van der Waals surface area contributed by atoms with Crippen LogP contribution in [-0.2, 0) is 11.8 Å². The van der Waals surface area contributed by atoms with Gasteiger partial charge in [0.05, 0.1) is 0 Å². The van der Waals surface area contributed by atoms with E-state index in [9.17, 15) is 0 Å². The fraction of sp³-hybridized carbons (Fsp3) is 0.250. The third-order valence-corrected chi connectivity index (χ3v) is 3.54. The molecule has 0 spiro atoms. The fourth-order valence-corrected chi connectivity index (χ4v) is 2.70. The maximum Gasteiger partial charge on any atom is 0.0152 e. The summed E-state index contributed by atoms with van der Waals surface area (Å²) in [6, 6.07) is 8.65. The van der Waals surface area contributed by atoms with Gasteiger partial charge in [-0.3, -0.25) is 0 Å². The standard InChI is InChI=1S/C16H18/c1-5-12-11-13-9-7-8-10-15(13)16(3,4)14(12)6-2/h5-10H,1-2,11H2,3-4H3. The van der Waals surface area contributed by atoms with Crippen molar-refractivity contribution in [2.75, 3.05) is 0 Å². The first kappa shape index (κ1) is 10.9. The van der Waals surface area contributed by atoms with Crippen molar-refractivity contribution in [2.24, 2.45) is 0 Å². The summed E-state index contributed by atoms with van der Waals surface area (Å²) in [6.07, 6.45) is 4.92. The van der Waals surface area contributed by atoms with E-state index in [1.807, 2.05) is 12.2 Å². The second-order valence-electron chi connectivity index (χ2n) is 4.81. The molecule has 0 bridgehead atoms. The van der Waals surface area contributed by atoms with Crippen molar-refractivity contribution in [1.82, 2.24) is 0 Å². The van der Waals surface area contributed by atoms with Crippen LogP contribution < -0.4 is 0 Å². The monoisotopic (exact) mass is 210 g/mol. The van der Waals surface area contributed by atoms with Crippen molar-refractivity contribution in [3.63, 3.8) is 0 Å². The molecule has 0 heterocycles. The second kappa shape index (κ2) is 3.79. The topological polar surface area (TPSA) is 0 Å². The third kappa shape index (κ3) is 1.46. The lowest BCUT2D eigenvalue weighted by molar-refractivity contribution is 0.611. The zero-order valence-corrected chi connectivity index (χ0v) is 10.1. The Morgan fingerprint density at radius 1 is 1.12 bits per heavy atom. The Balaban J connectivity index is 2.68. The zero-order valence-electron chi connectivity index (χ0n) is 10.1. The normalized spacial score (nSPS) is 17.9. The molecule has 0 N–H and O–H groups in total. The summed E-state index contributed by atoms with van der Waals surface area (Å²) in [7, 11) is 0. The van der Waals surface area contributed by atoms with Gasteiger partial charge in [0.25, 0.3) is 0 Å². The van der Waals surface area contributed by atoms with Gasteiger partial charge in [-0.05, 0) is 28.7 Å². The molecule has 1 aromatic rings. The van der Waals surface area contributed by atoms with Gasteiger partial charge in [0.2, 0.25) is 0 Å². The highest BCUT2D eigenvalue weighted by Crippen LogP contribution is 2.41. The quantitative estimate of drug-likeness (QED) is 0.686. The van der Waals surface area contributed by atoms with Crippen molar-refractivity contribution in [1.29, 1.82) is 0 Å². The number of fused-ring (bicyclic) bond motifs is 1. The van der Waals surface area contributed by atoms with Crippen molar-refractivity contribution >= 4 is 0 Å². The molecule has 0 aliphatic heterocycles. The van der Waals surface area contributed by atoms with Crippen LogP contribution in [0, 0.1) is 0 Å². The Labute approximate surface area is 98.0 Å². The maximum atomic E-state index is 3.95. The first-order valence-electron chi connectivity index (χ1n) is 5.68. The van der Waals surface area contributed by atoms with Crippen LogP contribution in [0.3, 0.4) is 0 Å². The molecule has 16 heavy (non-hydrogen) atoms. The van der Waals surface area contributed by atoms with Crippen LogP contribution >= 0.6 is 0 Å². The van der Waals surface area contributed by atoms with Crippen LogP contribution in [0.1, 0.15) is 25.0 Å². The molecule has 0 nitrogen and oxygen atoms in total. The Morgan fingerprint density at radius 3 is 2.44 bits per heavy atom. The minimum Gasteiger partial charge on any atom is -0.0988 e. The van der Waals surface area contributed by atoms with Crippen molar-refractivity contribution < 1.29 is 0 Å². The molecule has 0 radical (unpaired) electrons. The minimum absolute atomic E-state index is 0.0418. The lowest BCUT2D eigenvalue weighted by Crippen LogP contribution is -2.26. The Hall–Kier alpha value is -1.56. The van der Waals surface area contributed by atoms with Gasteiger partial charge in [-0.1, -0.05) is 63.4 Å². The van der Waals surface area contributed by atoms with E-state index in [1.54, 1.807) is 0 Å². The summed E-state index contributed by atoms with van der Waals surface area (Å²) in [6.45, 7) is 12.4. The maximum absolute atomic E-state index is 3.95. The van der Waals surface area contributed by atoms with Crippen LogP contribution in [0.5, 0.6) is 0 Å². The predicted octanol–water partition coefficient (Wildman–Crippen LogP) is 4.19. The van der Waals surface area contributed by atoms with Gasteiger partial charge in [0.15, 0.2) is 0 Å². The van der Waals surface area contributed by atoms with Gasteiger partial charge >= 0.3 is 0 Å². The molecule has 1 aromatic carbocycles. The van der Waals surface area contributed by atoms with Gasteiger partial charge in [-0.25, -0.2) is 0 Å². The third-order valence-electron chi connectivity index (χ3n) is 3.54. The molecule has 0 fully saturated rings. The summed E-state index contributed by atoms with van der Waals surface area (Å²) in [5, 5.41) is 0. The Bertz CT molecular complexity index is 473. The molecule has 0 atom stereocenters. The van der Waals surface area contributed by atoms with E-state index >= 15 is 0 Å². The van der Waals surface area contributed by atoms with Crippen LogP contribution in [0.2, 0.25) is 0 Å². The van der Waals surface area contributed by atoms with E-state index < -0.39 is 0 Å². The van der Waals surface area contributed by atoms with Crippen LogP contribution in [0.4, 0.5) is 0 Å². The number of rotatable bonds is 2.